The van der Waals surface area contributed by atoms with Crippen molar-refractivity contribution in [2.75, 3.05) is 0 Å². The van der Waals surface area contributed by atoms with Crippen LogP contribution >= 0.6 is 0 Å². The molecular weight excluding hydrogens is 228 g/mol. The molecule has 0 aromatic heterocycles. The van der Waals surface area contributed by atoms with Gasteiger partial charge in [-0.15, -0.1) is 0 Å². The third-order valence-corrected chi connectivity index (χ3v) is 2.24. The van der Waals surface area contributed by atoms with Gasteiger partial charge in [-0.1, -0.05) is 36.4 Å². The molecule has 0 radical (unpaired) electrons. The fraction of sp³-hybridized carbons (Fsp3) is 0.143. The Labute approximate surface area is 106 Å². The molecule has 0 aliphatic carbocycles. The molecule has 18 heavy (non-hydrogen) atoms. The average Bonchev–Trinajstić information content (AvgIpc) is 2.42. The zero-order valence-electron chi connectivity index (χ0n) is 10.4. The predicted molar refractivity (Wildman–Crippen MR) is 70.6 cm³/mol. The molecule has 0 aliphatic rings. The van der Waals surface area contributed by atoms with E-state index in [9.17, 15) is 9.59 Å². The molecule has 0 spiro atoms. The minimum absolute atomic E-state index is 0.347. The number of carbonyl (C=O) groups excluding carboxylic acids is 2. The molecule has 1 aromatic carbocycles. The van der Waals surface area contributed by atoms with Crippen LogP contribution in [0.4, 0.5) is 0 Å². The lowest BCUT2D eigenvalue weighted by molar-refractivity contribution is -0.117. The van der Waals surface area contributed by atoms with Crippen LogP contribution in [0.25, 0.3) is 0 Å². The maximum atomic E-state index is 11.7. The average molecular weight is 244 g/mol. The molecule has 1 rings (SSSR count). The van der Waals surface area contributed by atoms with E-state index >= 15 is 0 Å². The Morgan fingerprint density at radius 1 is 1.06 bits per heavy atom. The SMILES string of the molecule is C/C=C\C(=C/C)C(=O)NNC(=O)c1ccccc1. The molecule has 0 bridgehead atoms. The Bertz CT molecular complexity index is 476. The highest BCUT2D eigenvalue weighted by Gasteiger charge is 2.08. The molecule has 0 saturated carbocycles. The lowest BCUT2D eigenvalue weighted by Crippen LogP contribution is -2.42. The van der Waals surface area contributed by atoms with Crippen molar-refractivity contribution >= 4 is 11.8 Å². The van der Waals surface area contributed by atoms with Gasteiger partial charge in [0.05, 0.1) is 0 Å². The van der Waals surface area contributed by atoms with Crippen molar-refractivity contribution in [2.45, 2.75) is 13.8 Å². The summed E-state index contributed by atoms with van der Waals surface area (Å²) in [6, 6.07) is 8.68. The van der Waals surface area contributed by atoms with Crippen LogP contribution in [-0.4, -0.2) is 11.8 Å². The molecule has 0 atom stereocenters. The van der Waals surface area contributed by atoms with Crippen LogP contribution in [0.1, 0.15) is 24.2 Å². The Morgan fingerprint density at radius 3 is 2.28 bits per heavy atom. The first-order chi connectivity index (χ1) is 8.69. The second-order valence-corrected chi connectivity index (χ2v) is 3.52. The summed E-state index contributed by atoms with van der Waals surface area (Å²) >= 11 is 0. The third kappa shape index (κ3) is 3.90. The normalized spacial score (nSPS) is 11.3. The van der Waals surface area contributed by atoms with Gasteiger partial charge in [-0.25, -0.2) is 0 Å². The van der Waals surface area contributed by atoms with Crippen molar-refractivity contribution in [1.29, 1.82) is 0 Å². The summed E-state index contributed by atoms with van der Waals surface area (Å²) < 4.78 is 0. The van der Waals surface area contributed by atoms with Crippen LogP contribution in [0.5, 0.6) is 0 Å². The number of carbonyl (C=O) groups is 2. The molecule has 4 nitrogen and oxygen atoms in total. The highest BCUT2D eigenvalue weighted by atomic mass is 16.2. The van der Waals surface area contributed by atoms with Gasteiger partial charge >= 0.3 is 0 Å². The van der Waals surface area contributed by atoms with Gasteiger partial charge in [0.15, 0.2) is 0 Å². The summed E-state index contributed by atoms with van der Waals surface area (Å²) in [4.78, 5) is 23.3. The second kappa shape index (κ2) is 7.06. The van der Waals surface area contributed by atoms with Crippen LogP contribution in [0.2, 0.25) is 0 Å². The maximum Gasteiger partial charge on any atom is 0.269 e. The van der Waals surface area contributed by atoms with Crippen LogP contribution in [0.3, 0.4) is 0 Å². The minimum atomic E-state index is -0.347. The molecule has 0 fully saturated rings. The van der Waals surface area contributed by atoms with Crippen molar-refractivity contribution in [3.8, 4) is 0 Å². The number of nitrogens with one attached hydrogen (secondary N) is 2. The number of benzene rings is 1. The first-order valence-electron chi connectivity index (χ1n) is 5.63. The van der Waals surface area contributed by atoms with Gasteiger partial charge in [-0.05, 0) is 26.0 Å². The van der Waals surface area contributed by atoms with Gasteiger partial charge < -0.3 is 0 Å². The van der Waals surface area contributed by atoms with Crippen molar-refractivity contribution in [3.05, 3.63) is 59.7 Å². The lowest BCUT2D eigenvalue weighted by Gasteiger charge is -2.07. The number of hydrogen-bond acceptors (Lipinski definition) is 2. The van der Waals surface area contributed by atoms with Crippen molar-refractivity contribution < 1.29 is 9.59 Å². The Kier molecular flexibility index (Phi) is 5.38. The third-order valence-electron chi connectivity index (χ3n) is 2.24. The predicted octanol–water partition coefficient (Wildman–Crippen LogP) is 1.97. The van der Waals surface area contributed by atoms with Crippen molar-refractivity contribution in [3.63, 3.8) is 0 Å². The largest absolute Gasteiger partial charge is 0.269 e. The fourth-order valence-corrected chi connectivity index (χ4v) is 1.33. The van der Waals surface area contributed by atoms with Crippen molar-refractivity contribution in [2.24, 2.45) is 0 Å². The van der Waals surface area contributed by atoms with Gasteiger partial charge in [0.2, 0.25) is 0 Å². The molecule has 0 unspecified atom stereocenters. The van der Waals surface area contributed by atoms with Crippen LogP contribution in [0.15, 0.2) is 54.1 Å². The first kappa shape index (κ1) is 13.7. The Morgan fingerprint density at radius 2 is 1.72 bits per heavy atom. The summed E-state index contributed by atoms with van der Waals surface area (Å²) in [5.74, 6) is -0.695. The maximum absolute atomic E-state index is 11.7. The fourth-order valence-electron chi connectivity index (χ4n) is 1.33. The van der Waals surface area contributed by atoms with Gasteiger partial charge in [-0.3, -0.25) is 20.4 Å². The highest BCUT2D eigenvalue weighted by molar-refractivity contribution is 5.99. The Hall–Kier alpha value is -2.36. The highest BCUT2D eigenvalue weighted by Crippen LogP contribution is 1.98. The minimum Gasteiger partial charge on any atom is -0.267 e. The summed E-state index contributed by atoms with van der Waals surface area (Å²) in [7, 11) is 0. The number of rotatable bonds is 3. The molecule has 0 saturated heterocycles. The van der Waals surface area contributed by atoms with E-state index in [-0.39, 0.29) is 11.8 Å². The number of hydrazine groups is 1. The van der Waals surface area contributed by atoms with Gasteiger partial charge in [0, 0.05) is 11.1 Å². The first-order valence-corrected chi connectivity index (χ1v) is 5.63. The zero-order valence-corrected chi connectivity index (χ0v) is 10.4. The quantitative estimate of drug-likeness (QED) is 0.485. The van der Waals surface area contributed by atoms with Gasteiger partial charge in [-0.2, -0.15) is 0 Å². The lowest BCUT2D eigenvalue weighted by atomic mass is 10.2. The summed E-state index contributed by atoms with van der Waals surface area (Å²) in [6.07, 6.45) is 5.10. The Balaban J connectivity index is 2.56. The molecule has 1 aromatic rings. The van der Waals surface area contributed by atoms with E-state index in [1.807, 2.05) is 13.0 Å². The molecule has 2 N–H and O–H groups in total. The summed E-state index contributed by atoms with van der Waals surface area (Å²) in [6.45, 7) is 3.58. The summed E-state index contributed by atoms with van der Waals surface area (Å²) in [5, 5.41) is 0. The van der Waals surface area contributed by atoms with Crippen LogP contribution < -0.4 is 10.9 Å². The van der Waals surface area contributed by atoms with E-state index in [0.717, 1.165) is 0 Å². The van der Waals surface area contributed by atoms with E-state index in [4.69, 9.17) is 0 Å². The van der Waals surface area contributed by atoms with Gasteiger partial charge in [0.1, 0.15) is 0 Å². The van der Waals surface area contributed by atoms with Crippen LogP contribution in [-0.2, 0) is 4.79 Å². The molecule has 94 valence electrons. The number of hydrogen-bond donors (Lipinski definition) is 2. The molecule has 4 heteroatoms. The van der Waals surface area contributed by atoms with E-state index in [2.05, 4.69) is 10.9 Å². The van der Waals surface area contributed by atoms with Crippen molar-refractivity contribution in [1.82, 2.24) is 10.9 Å². The number of allylic oxidation sites excluding steroid dienone is 2. The summed E-state index contributed by atoms with van der Waals surface area (Å²) in [5.41, 5.74) is 5.70. The van der Waals surface area contributed by atoms with Gasteiger partial charge in [0.25, 0.3) is 11.8 Å². The molecule has 0 heterocycles. The smallest absolute Gasteiger partial charge is 0.267 e. The van der Waals surface area contributed by atoms with E-state index < -0.39 is 0 Å². The standard InChI is InChI=1S/C14H16N2O2/c1-3-8-11(4-2)13(17)15-16-14(18)12-9-6-5-7-10-12/h3-10H,1-2H3,(H,15,17)(H,16,18)/b8-3-,11-4+. The number of amides is 2. The topological polar surface area (TPSA) is 58.2 Å². The van der Waals surface area contributed by atoms with E-state index in [1.165, 1.54) is 0 Å². The monoisotopic (exact) mass is 244 g/mol. The molecule has 2 amide bonds. The van der Waals surface area contributed by atoms with E-state index in [1.54, 1.807) is 49.4 Å². The second-order valence-electron chi connectivity index (χ2n) is 3.52. The zero-order chi connectivity index (χ0) is 13.4. The van der Waals surface area contributed by atoms with E-state index in [0.29, 0.717) is 11.1 Å². The molecule has 0 aliphatic heterocycles. The van der Waals surface area contributed by atoms with Crippen LogP contribution in [0, 0.1) is 0 Å². The molecular formula is C14H16N2O2.